The first-order valence-corrected chi connectivity index (χ1v) is 12.2. The number of phenols is 1. The van der Waals surface area contributed by atoms with Gasteiger partial charge >= 0.3 is 0 Å². The zero-order chi connectivity index (χ0) is 25.7. The number of phenolic OH excluding ortho intramolecular Hbond substituents is 1. The van der Waals surface area contributed by atoms with Crippen LogP contribution in [0.2, 0.25) is 0 Å². The predicted molar refractivity (Wildman–Crippen MR) is 132 cm³/mol. The van der Waals surface area contributed by atoms with E-state index in [1.165, 1.54) is 13.2 Å². The Morgan fingerprint density at radius 2 is 2.00 bits per heavy atom. The Hall–Kier alpha value is -2.86. The molecule has 6 rings (SSSR count). The highest BCUT2D eigenvalue weighted by Gasteiger charge is 2.76. The van der Waals surface area contributed by atoms with E-state index in [-0.39, 0.29) is 46.2 Å². The van der Waals surface area contributed by atoms with E-state index < -0.39 is 22.2 Å². The Labute approximate surface area is 206 Å². The fraction of sp³-hybridized carbons (Fsp3) is 0.517. The predicted octanol–water partition coefficient (Wildman–Crippen LogP) is 5.23. The van der Waals surface area contributed by atoms with Crippen molar-refractivity contribution in [2.45, 2.75) is 76.6 Å². The van der Waals surface area contributed by atoms with Gasteiger partial charge in [0.2, 0.25) is 11.6 Å². The molecule has 4 unspecified atom stereocenters. The molecule has 0 aromatic heterocycles. The second kappa shape index (κ2) is 7.10. The van der Waals surface area contributed by atoms with Crippen molar-refractivity contribution in [3.8, 4) is 17.2 Å². The largest absolute Gasteiger partial charge is 0.507 e. The van der Waals surface area contributed by atoms with Crippen molar-refractivity contribution >= 4 is 11.6 Å². The third kappa shape index (κ3) is 2.86. The summed E-state index contributed by atoms with van der Waals surface area (Å²) in [6.45, 7) is 15.7. The standard InChI is InChI=1S/C29H34O6/c1-9-26(4,5)22-19(30)13-20(33-8)21-23(31)17-12-16-18-14-29(17,34-24(21)22)25(32)28(16,11-10-15(2)3)35-27(18,6)7/h9-10,12-13,16,18,30H,1,11,14H2,2-8H3. The Morgan fingerprint density at radius 3 is 2.60 bits per heavy atom. The van der Waals surface area contributed by atoms with Gasteiger partial charge in [0, 0.05) is 47.3 Å². The summed E-state index contributed by atoms with van der Waals surface area (Å²) in [5.41, 5.74) is -1.77. The third-order valence-electron chi connectivity index (χ3n) is 8.51. The van der Waals surface area contributed by atoms with E-state index in [2.05, 4.69) is 6.58 Å². The Morgan fingerprint density at radius 1 is 1.31 bits per heavy atom. The van der Waals surface area contributed by atoms with Gasteiger partial charge in [-0.25, -0.2) is 0 Å². The molecule has 1 saturated heterocycles. The number of carbonyl (C=O) groups is 2. The molecule has 1 saturated carbocycles. The van der Waals surface area contributed by atoms with Crippen molar-refractivity contribution in [1.82, 2.24) is 0 Å². The average Bonchev–Trinajstić information content (AvgIpc) is 2.98. The van der Waals surface area contributed by atoms with Crippen LogP contribution < -0.4 is 9.47 Å². The number of allylic oxidation sites excluding steroid dienone is 2. The SMILES string of the molecule is C=CC(C)(C)c1c(O)cc(OC)c2c1OC13CC4C(C=C1C2=O)C(CC=C(C)C)(OC4(C)C)C3=O. The van der Waals surface area contributed by atoms with Gasteiger partial charge < -0.3 is 19.3 Å². The second-order valence-corrected chi connectivity index (χ2v) is 11.7. The maximum absolute atomic E-state index is 14.5. The maximum Gasteiger partial charge on any atom is 0.213 e. The average molecular weight is 479 g/mol. The highest BCUT2D eigenvalue weighted by Crippen LogP contribution is 2.65. The van der Waals surface area contributed by atoms with Crippen LogP contribution in [0.5, 0.6) is 17.2 Å². The van der Waals surface area contributed by atoms with E-state index in [1.54, 1.807) is 6.08 Å². The van der Waals surface area contributed by atoms with Crippen molar-refractivity contribution in [1.29, 1.82) is 0 Å². The molecule has 1 aromatic carbocycles. The number of benzene rings is 1. The molecule has 4 atom stereocenters. The molecule has 3 aliphatic carbocycles. The first-order valence-electron chi connectivity index (χ1n) is 12.2. The molecule has 4 bridgehead atoms. The summed E-state index contributed by atoms with van der Waals surface area (Å²) in [6, 6.07) is 1.44. The molecule has 2 fully saturated rings. The van der Waals surface area contributed by atoms with E-state index in [1.807, 2.05) is 53.7 Å². The fourth-order valence-corrected chi connectivity index (χ4v) is 6.64. The molecule has 6 nitrogen and oxygen atoms in total. The molecule has 0 amide bonds. The van der Waals surface area contributed by atoms with Gasteiger partial charge in [0.1, 0.15) is 28.4 Å². The van der Waals surface area contributed by atoms with Crippen molar-refractivity contribution in [3.05, 3.63) is 53.1 Å². The normalized spacial score (nSPS) is 31.8. The summed E-state index contributed by atoms with van der Waals surface area (Å²) in [7, 11) is 1.45. The quantitative estimate of drug-likeness (QED) is 0.584. The van der Waals surface area contributed by atoms with Crippen LogP contribution in [-0.4, -0.2) is 40.6 Å². The minimum Gasteiger partial charge on any atom is -0.507 e. The number of rotatable bonds is 5. The Balaban J connectivity index is 1.80. The van der Waals surface area contributed by atoms with Gasteiger partial charge in [-0.05, 0) is 27.7 Å². The van der Waals surface area contributed by atoms with E-state index in [0.29, 0.717) is 24.0 Å². The van der Waals surface area contributed by atoms with Crippen molar-refractivity contribution in [2.75, 3.05) is 7.11 Å². The lowest BCUT2D eigenvalue weighted by atomic mass is 9.53. The first kappa shape index (κ1) is 23.9. The minimum absolute atomic E-state index is 0.000989. The molecule has 1 aromatic rings. The minimum atomic E-state index is -1.47. The van der Waals surface area contributed by atoms with Gasteiger partial charge in [0.25, 0.3) is 0 Å². The van der Waals surface area contributed by atoms with Crippen LogP contribution >= 0.6 is 0 Å². The van der Waals surface area contributed by atoms with Gasteiger partial charge in [0.15, 0.2) is 5.60 Å². The van der Waals surface area contributed by atoms with Gasteiger partial charge in [-0.1, -0.05) is 37.6 Å². The number of ether oxygens (including phenoxy) is 3. The highest BCUT2D eigenvalue weighted by molar-refractivity contribution is 6.21. The molecule has 35 heavy (non-hydrogen) atoms. The van der Waals surface area contributed by atoms with E-state index in [4.69, 9.17) is 14.2 Å². The molecule has 0 radical (unpaired) electrons. The van der Waals surface area contributed by atoms with Crippen LogP contribution in [-0.2, 0) is 14.9 Å². The van der Waals surface area contributed by atoms with Gasteiger partial charge in [-0.15, -0.1) is 6.58 Å². The number of ketones is 2. The lowest BCUT2D eigenvalue weighted by Crippen LogP contribution is -2.68. The summed E-state index contributed by atoms with van der Waals surface area (Å²) in [5.74, 6) is -0.394. The lowest BCUT2D eigenvalue weighted by Gasteiger charge is -2.53. The topological polar surface area (TPSA) is 82.1 Å². The van der Waals surface area contributed by atoms with Crippen molar-refractivity contribution in [2.24, 2.45) is 11.8 Å². The van der Waals surface area contributed by atoms with E-state index in [0.717, 1.165) is 5.57 Å². The summed E-state index contributed by atoms with van der Waals surface area (Å²) < 4.78 is 18.8. The number of methoxy groups -OCH3 is 1. The summed E-state index contributed by atoms with van der Waals surface area (Å²) in [6.07, 6.45) is 6.42. The number of carbonyl (C=O) groups excluding carboxylic acids is 2. The third-order valence-corrected chi connectivity index (χ3v) is 8.51. The molecular weight excluding hydrogens is 444 g/mol. The summed E-state index contributed by atoms with van der Waals surface area (Å²) in [4.78, 5) is 28.5. The smallest absolute Gasteiger partial charge is 0.213 e. The van der Waals surface area contributed by atoms with Crippen LogP contribution in [0.3, 0.4) is 0 Å². The van der Waals surface area contributed by atoms with Gasteiger partial charge in [-0.3, -0.25) is 9.59 Å². The van der Waals surface area contributed by atoms with E-state index >= 15 is 0 Å². The van der Waals surface area contributed by atoms with Crippen LogP contribution in [0.4, 0.5) is 0 Å². The zero-order valence-electron chi connectivity index (χ0n) is 21.6. The number of fused-ring (bicyclic) bond motifs is 1. The van der Waals surface area contributed by atoms with Crippen LogP contribution in [0.1, 0.15) is 70.3 Å². The number of aromatic hydroxyl groups is 1. The van der Waals surface area contributed by atoms with Gasteiger partial charge in [0.05, 0.1) is 12.7 Å². The number of hydrogen-bond donors (Lipinski definition) is 1. The first-order chi connectivity index (χ1) is 16.3. The molecular formula is C29H34O6. The van der Waals surface area contributed by atoms with E-state index in [9.17, 15) is 14.7 Å². The fourth-order valence-electron chi connectivity index (χ4n) is 6.64. The number of hydrogen-bond acceptors (Lipinski definition) is 6. The Kier molecular flexibility index (Phi) is 4.84. The van der Waals surface area contributed by atoms with Crippen molar-refractivity contribution in [3.63, 3.8) is 0 Å². The second-order valence-electron chi connectivity index (χ2n) is 11.7. The number of Topliss-reactive ketones (excluding diaryl/α,β-unsaturated/α-hetero) is 2. The molecule has 2 heterocycles. The summed E-state index contributed by atoms with van der Waals surface area (Å²) in [5, 5.41) is 11.0. The molecule has 1 N–H and O–H groups in total. The Bertz CT molecular complexity index is 1240. The van der Waals surface area contributed by atoms with Crippen molar-refractivity contribution < 1.29 is 28.9 Å². The van der Waals surface area contributed by atoms with Crippen LogP contribution in [0.25, 0.3) is 0 Å². The molecule has 2 aliphatic heterocycles. The lowest BCUT2D eigenvalue weighted by molar-refractivity contribution is -0.166. The molecule has 6 heteroatoms. The monoisotopic (exact) mass is 478 g/mol. The highest BCUT2D eigenvalue weighted by atomic mass is 16.6. The van der Waals surface area contributed by atoms with Crippen LogP contribution in [0.15, 0.2) is 42.0 Å². The maximum atomic E-state index is 14.5. The molecule has 1 spiro atoms. The molecule has 5 aliphatic rings. The summed E-state index contributed by atoms with van der Waals surface area (Å²) >= 11 is 0. The van der Waals surface area contributed by atoms with Gasteiger partial charge in [-0.2, -0.15) is 0 Å². The zero-order valence-corrected chi connectivity index (χ0v) is 21.6. The molecule has 186 valence electrons. The van der Waals surface area contributed by atoms with Crippen LogP contribution in [0, 0.1) is 11.8 Å².